The predicted molar refractivity (Wildman–Crippen MR) is 78.5 cm³/mol. The van der Waals surface area contributed by atoms with Crippen molar-refractivity contribution in [2.75, 3.05) is 44.2 Å². The third-order valence-electron chi connectivity index (χ3n) is 3.82. The maximum atomic E-state index is 12.4. The second-order valence-electron chi connectivity index (χ2n) is 5.37. The Hall–Kier alpha value is -2.08. The van der Waals surface area contributed by atoms with Gasteiger partial charge in [-0.2, -0.15) is 0 Å². The van der Waals surface area contributed by atoms with Gasteiger partial charge in [-0.3, -0.25) is 14.5 Å². The molecule has 1 saturated heterocycles. The summed E-state index contributed by atoms with van der Waals surface area (Å²) in [6, 6.07) is 5.65. The summed E-state index contributed by atoms with van der Waals surface area (Å²) in [5, 5.41) is 3.21. The molecule has 0 aromatic heterocycles. The van der Waals surface area contributed by atoms with Crippen LogP contribution in [0.4, 0.5) is 5.69 Å². The van der Waals surface area contributed by atoms with Crippen molar-refractivity contribution in [3.63, 3.8) is 0 Å². The molecule has 1 N–H and O–H groups in total. The summed E-state index contributed by atoms with van der Waals surface area (Å²) in [7, 11) is 0. The highest BCUT2D eigenvalue weighted by atomic mass is 16.5. The van der Waals surface area contributed by atoms with Crippen molar-refractivity contribution < 1.29 is 14.3 Å². The third-order valence-corrected chi connectivity index (χ3v) is 3.82. The molecular weight excluding hydrogens is 270 g/mol. The lowest BCUT2D eigenvalue weighted by molar-refractivity contribution is -0.132. The number of hydrogen-bond acceptors (Lipinski definition) is 4. The molecule has 1 fully saturated rings. The molecule has 2 aliphatic rings. The molecule has 6 heteroatoms. The molecule has 21 heavy (non-hydrogen) atoms. The number of ether oxygens (including phenoxy) is 1. The highest BCUT2D eigenvalue weighted by Crippen LogP contribution is 2.32. The molecule has 0 unspecified atom stereocenters. The number of hydrogen-bond donors (Lipinski definition) is 1. The maximum absolute atomic E-state index is 12.4. The van der Waals surface area contributed by atoms with Crippen LogP contribution in [0.3, 0.4) is 0 Å². The largest absolute Gasteiger partial charge is 0.482 e. The topological polar surface area (TPSA) is 61.9 Å². The van der Waals surface area contributed by atoms with Gasteiger partial charge in [-0.1, -0.05) is 6.07 Å². The van der Waals surface area contributed by atoms with Crippen molar-refractivity contribution in [1.82, 2.24) is 10.2 Å². The number of carbonyl (C=O) groups excluding carboxylic acids is 2. The third kappa shape index (κ3) is 2.85. The van der Waals surface area contributed by atoms with Gasteiger partial charge in [-0.15, -0.1) is 0 Å². The minimum Gasteiger partial charge on any atom is -0.482 e. The number of piperazine rings is 1. The molecule has 2 amide bonds. The first-order chi connectivity index (χ1) is 10.1. The number of fused-ring (bicyclic) bond motifs is 1. The van der Waals surface area contributed by atoms with Gasteiger partial charge >= 0.3 is 0 Å². The maximum Gasteiger partial charge on any atom is 0.265 e. The van der Waals surface area contributed by atoms with Crippen LogP contribution in [0, 0.1) is 6.92 Å². The number of benzene rings is 1. The van der Waals surface area contributed by atoms with Crippen LogP contribution in [0.5, 0.6) is 5.75 Å². The summed E-state index contributed by atoms with van der Waals surface area (Å²) < 4.78 is 5.45. The lowest BCUT2D eigenvalue weighted by Crippen LogP contribution is -2.51. The minimum absolute atomic E-state index is 0.00864. The van der Waals surface area contributed by atoms with Crippen LogP contribution in [-0.4, -0.2) is 56.0 Å². The van der Waals surface area contributed by atoms with Crippen molar-refractivity contribution in [3.05, 3.63) is 23.8 Å². The smallest absolute Gasteiger partial charge is 0.265 e. The van der Waals surface area contributed by atoms with Crippen molar-refractivity contribution in [2.45, 2.75) is 6.92 Å². The summed E-state index contributed by atoms with van der Waals surface area (Å²) in [5.41, 5.74) is 1.75. The standard InChI is InChI=1S/C15H19N3O3/c1-11-2-3-12-13(8-11)21-10-15(20)18(12)9-14(19)17-6-4-16-5-7-17/h2-3,8,16H,4-7,9-10H2,1H3. The van der Waals surface area contributed by atoms with E-state index in [9.17, 15) is 9.59 Å². The van der Waals surface area contributed by atoms with E-state index in [-0.39, 0.29) is 25.0 Å². The first-order valence-corrected chi connectivity index (χ1v) is 7.17. The molecule has 112 valence electrons. The molecule has 0 spiro atoms. The van der Waals surface area contributed by atoms with Gasteiger partial charge < -0.3 is 15.0 Å². The molecule has 0 atom stereocenters. The van der Waals surface area contributed by atoms with E-state index in [1.807, 2.05) is 25.1 Å². The zero-order chi connectivity index (χ0) is 14.8. The minimum atomic E-state index is -0.171. The van der Waals surface area contributed by atoms with Crippen LogP contribution in [0.2, 0.25) is 0 Å². The van der Waals surface area contributed by atoms with Crippen LogP contribution in [0.25, 0.3) is 0 Å². The molecule has 0 radical (unpaired) electrons. The van der Waals surface area contributed by atoms with Crippen LogP contribution >= 0.6 is 0 Å². The van der Waals surface area contributed by atoms with E-state index in [0.717, 1.165) is 18.7 Å². The number of aryl methyl sites for hydroxylation is 1. The Labute approximate surface area is 123 Å². The fourth-order valence-corrected chi connectivity index (χ4v) is 2.63. The van der Waals surface area contributed by atoms with E-state index < -0.39 is 0 Å². The summed E-state index contributed by atoms with van der Waals surface area (Å²) in [6.07, 6.45) is 0. The lowest BCUT2D eigenvalue weighted by atomic mass is 10.1. The van der Waals surface area contributed by atoms with Gasteiger partial charge in [0.1, 0.15) is 12.3 Å². The molecule has 1 aromatic carbocycles. The van der Waals surface area contributed by atoms with Crippen LogP contribution in [0.1, 0.15) is 5.56 Å². The van der Waals surface area contributed by atoms with E-state index in [1.54, 1.807) is 4.90 Å². The monoisotopic (exact) mass is 289 g/mol. The molecule has 0 saturated carbocycles. The van der Waals surface area contributed by atoms with Gasteiger partial charge in [0.15, 0.2) is 6.61 Å². The number of amides is 2. The summed E-state index contributed by atoms with van der Waals surface area (Å²) >= 11 is 0. The molecule has 6 nitrogen and oxygen atoms in total. The zero-order valence-corrected chi connectivity index (χ0v) is 12.1. The number of nitrogens with one attached hydrogen (secondary N) is 1. The zero-order valence-electron chi connectivity index (χ0n) is 12.1. The number of nitrogens with zero attached hydrogens (tertiary/aromatic N) is 2. The van der Waals surface area contributed by atoms with Gasteiger partial charge in [0.05, 0.1) is 5.69 Å². The normalized spacial score (nSPS) is 18.2. The van der Waals surface area contributed by atoms with E-state index >= 15 is 0 Å². The van der Waals surface area contributed by atoms with Crippen molar-refractivity contribution in [2.24, 2.45) is 0 Å². The molecule has 0 bridgehead atoms. The van der Waals surface area contributed by atoms with Gasteiger partial charge in [0.2, 0.25) is 5.91 Å². The van der Waals surface area contributed by atoms with Gasteiger partial charge in [-0.25, -0.2) is 0 Å². The SMILES string of the molecule is Cc1ccc2c(c1)OCC(=O)N2CC(=O)N1CCNCC1. The summed E-state index contributed by atoms with van der Waals surface area (Å²) in [6.45, 7) is 5.03. The average molecular weight is 289 g/mol. The second kappa shape index (κ2) is 5.73. The highest BCUT2D eigenvalue weighted by Gasteiger charge is 2.29. The average Bonchev–Trinajstić information content (AvgIpc) is 2.51. The van der Waals surface area contributed by atoms with Gasteiger partial charge in [-0.05, 0) is 24.6 Å². The Kier molecular flexibility index (Phi) is 3.79. The second-order valence-corrected chi connectivity index (χ2v) is 5.37. The van der Waals surface area contributed by atoms with Crippen LogP contribution < -0.4 is 15.0 Å². The van der Waals surface area contributed by atoms with E-state index in [1.165, 1.54) is 4.90 Å². The Morgan fingerprint density at radius 3 is 2.86 bits per heavy atom. The Morgan fingerprint density at radius 1 is 1.33 bits per heavy atom. The summed E-state index contributed by atoms with van der Waals surface area (Å²) in [4.78, 5) is 27.8. The molecule has 1 aromatic rings. The van der Waals surface area contributed by atoms with E-state index in [2.05, 4.69) is 5.32 Å². The van der Waals surface area contributed by atoms with Gasteiger partial charge in [0, 0.05) is 26.2 Å². The van der Waals surface area contributed by atoms with Crippen LogP contribution in [-0.2, 0) is 9.59 Å². The van der Waals surface area contributed by atoms with Crippen molar-refractivity contribution >= 4 is 17.5 Å². The highest BCUT2D eigenvalue weighted by molar-refractivity contribution is 6.02. The Balaban J connectivity index is 1.78. The lowest BCUT2D eigenvalue weighted by Gasteiger charge is -2.33. The van der Waals surface area contributed by atoms with E-state index in [0.29, 0.717) is 24.5 Å². The molecular formula is C15H19N3O3. The van der Waals surface area contributed by atoms with Crippen molar-refractivity contribution in [1.29, 1.82) is 0 Å². The van der Waals surface area contributed by atoms with Crippen molar-refractivity contribution in [3.8, 4) is 5.75 Å². The molecule has 2 heterocycles. The Bertz CT molecular complexity index is 567. The first-order valence-electron chi connectivity index (χ1n) is 7.17. The fraction of sp³-hybridized carbons (Fsp3) is 0.467. The van der Waals surface area contributed by atoms with Gasteiger partial charge in [0.25, 0.3) is 5.91 Å². The molecule has 2 aliphatic heterocycles. The molecule has 3 rings (SSSR count). The molecule has 0 aliphatic carbocycles. The number of anilines is 1. The predicted octanol–water partition coefficient (Wildman–Crippen LogP) is 0.152. The first kappa shape index (κ1) is 13.9. The number of rotatable bonds is 2. The van der Waals surface area contributed by atoms with Crippen LogP contribution in [0.15, 0.2) is 18.2 Å². The van der Waals surface area contributed by atoms with E-state index in [4.69, 9.17) is 4.74 Å². The fourth-order valence-electron chi connectivity index (χ4n) is 2.63. The Morgan fingerprint density at radius 2 is 2.10 bits per heavy atom. The number of carbonyl (C=O) groups is 2. The summed E-state index contributed by atoms with van der Waals surface area (Å²) in [5.74, 6) is 0.482. The quantitative estimate of drug-likeness (QED) is 0.842.